The van der Waals surface area contributed by atoms with Gasteiger partial charge in [0.05, 0.1) is 23.1 Å². The number of H-pyrrole nitrogens is 1. The van der Waals surface area contributed by atoms with Crippen LogP contribution in [0.5, 0.6) is 5.75 Å². The number of fused-ring (bicyclic) bond motifs is 3. The molecule has 204 valence electrons. The second kappa shape index (κ2) is 10.4. The molecule has 0 aliphatic carbocycles. The van der Waals surface area contributed by atoms with Gasteiger partial charge >= 0.3 is 0 Å². The van der Waals surface area contributed by atoms with E-state index in [4.69, 9.17) is 16.3 Å². The van der Waals surface area contributed by atoms with Crippen LogP contribution in [0, 0.1) is 19.3 Å². The van der Waals surface area contributed by atoms with Crippen molar-refractivity contribution in [2.75, 3.05) is 30.9 Å². The van der Waals surface area contributed by atoms with Gasteiger partial charge in [0.15, 0.2) is 0 Å². The van der Waals surface area contributed by atoms with E-state index in [1.807, 2.05) is 45.2 Å². The number of aryl methyl sites for hydroxylation is 1. The molecule has 1 atom stereocenters. The van der Waals surface area contributed by atoms with Gasteiger partial charge < -0.3 is 20.3 Å². The average molecular weight is 527 g/mol. The summed E-state index contributed by atoms with van der Waals surface area (Å²) in [5.41, 5.74) is 14.9. The van der Waals surface area contributed by atoms with E-state index < -0.39 is 5.41 Å². The van der Waals surface area contributed by atoms with Crippen LogP contribution in [0.25, 0.3) is 10.9 Å². The van der Waals surface area contributed by atoms with Gasteiger partial charge in [0.2, 0.25) is 0 Å². The molecule has 0 radical (unpaired) electrons. The quantitative estimate of drug-likeness (QED) is 0.137. The number of aromatic nitrogens is 2. The molecule has 4 aromatic rings. The van der Waals surface area contributed by atoms with Crippen LogP contribution in [0.2, 0.25) is 0 Å². The zero-order chi connectivity index (χ0) is 27.9. The number of hydrogen-bond acceptors (Lipinski definition) is 7. The van der Waals surface area contributed by atoms with Crippen molar-refractivity contribution in [2.24, 2.45) is 11.3 Å². The lowest BCUT2D eigenvalue weighted by atomic mass is 9.70. The molecular formula is C31H38N6O2. The van der Waals surface area contributed by atoms with E-state index in [-0.39, 0.29) is 5.92 Å². The van der Waals surface area contributed by atoms with Gasteiger partial charge in [0.1, 0.15) is 18.6 Å². The average Bonchev–Trinajstić information content (AvgIpc) is 3.29. The first kappa shape index (κ1) is 26.7. The van der Waals surface area contributed by atoms with Crippen molar-refractivity contribution in [1.82, 2.24) is 15.1 Å². The number of nitrogens with zero attached hydrogens (tertiary/aromatic N) is 3. The highest BCUT2D eigenvalue weighted by molar-refractivity contribution is 5.83. The Labute approximate surface area is 229 Å². The normalized spacial score (nSPS) is 14.9. The number of rotatable bonds is 7. The van der Waals surface area contributed by atoms with E-state index in [2.05, 4.69) is 46.3 Å². The fourth-order valence-corrected chi connectivity index (χ4v) is 5.78. The zero-order valence-electron chi connectivity index (χ0n) is 23.4. The number of benzene rings is 3. The number of hydrogen-bond donors (Lipinski definition) is 3. The fourth-order valence-electron chi connectivity index (χ4n) is 5.78. The van der Waals surface area contributed by atoms with E-state index in [9.17, 15) is 4.79 Å². The Hall–Kier alpha value is -3.88. The Morgan fingerprint density at radius 2 is 2.00 bits per heavy atom. The minimum Gasteiger partial charge on any atom is -0.492 e. The predicted molar refractivity (Wildman–Crippen MR) is 157 cm³/mol. The van der Waals surface area contributed by atoms with Crippen LogP contribution in [0.3, 0.4) is 0 Å². The van der Waals surface area contributed by atoms with E-state index in [1.54, 1.807) is 7.05 Å². The summed E-state index contributed by atoms with van der Waals surface area (Å²) in [6, 6.07) is 14.6. The second-order valence-electron chi connectivity index (χ2n) is 11.3. The summed E-state index contributed by atoms with van der Waals surface area (Å²) in [5.74, 6) is 6.74. The Morgan fingerprint density at radius 1 is 1.21 bits per heavy atom. The molecule has 1 aromatic heterocycles. The molecule has 8 heteroatoms. The lowest BCUT2D eigenvalue weighted by Gasteiger charge is -2.33. The number of carbonyl (C=O) groups excluding carboxylic acids is 1. The number of nitrogens with two attached hydrogens (primary N) is 2. The Balaban J connectivity index is 1.52. The molecule has 0 spiro atoms. The van der Waals surface area contributed by atoms with Crippen LogP contribution in [0.4, 0.5) is 11.4 Å². The van der Waals surface area contributed by atoms with Crippen molar-refractivity contribution in [3.8, 4) is 5.75 Å². The van der Waals surface area contributed by atoms with Crippen LogP contribution < -0.4 is 21.3 Å². The van der Waals surface area contributed by atoms with E-state index in [0.29, 0.717) is 12.3 Å². The lowest BCUT2D eigenvalue weighted by molar-refractivity contribution is -0.115. The van der Waals surface area contributed by atoms with Crippen molar-refractivity contribution >= 4 is 28.6 Å². The summed E-state index contributed by atoms with van der Waals surface area (Å²) in [6.45, 7) is 11.1. The Morgan fingerprint density at radius 3 is 2.74 bits per heavy atom. The lowest BCUT2D eigenvalue weighted by Crippen LogP contribution is -2.29. The van der Waals surface area contributed by atoms with Gasteiger partial charge in [-0.1, -0.05) is 38.1 Å². The van der Waals surface area contributed by atoms with Crippen LogP contribution in [-0.2, 0) is 17.9 Å². The summed E-state index contributed by atoms with van der Waals surface area (Å²) in [7, 11) is 1.77. The molecule has 2 heterocycles. The highest BCUT2D eigenvalue weighted by Crippen LogP contribution is 2.44. The Kier molecular flexibility index (Phi) is 7.09. The van der Waals surface area contributed by atoms with Crippen molar-refractivity contribution < 1.29 is 9.53 Å². The molecule has 39 heavy (non-hydrogen) atoms. The molecule has 0 fully saturated rings. The summed E-state index contributed by atoms with van der Waals surface area (Å²) in [5, 5.41) is 9.99. The molecule has 1 aliphatic heterocycles. The fraction of sp³-hybridized carbons (Fsp3) is 0.355. The van der Waals surface area contributed by atoms with Crippen molar-refractivity contribution in [3.63, 3.8) is 0 Å². The third kappa shape index (κ3) is 4.97. The van der Waals surface area contributed by atoms with Gasteiger partial charge in [-0.15, -0.1) is 0 Å². The summed E-state index contributed by atoms with van der Waals surface area (Å²) in [6.07, 6.45) is 2.90. The van der Waals surface area contributed by atoms with Gasteiger partial charge in [-0.25, -0.2) is 5.84 Å². The predicted octanol–water partition coefficient (Wildman–Crippen LogP) is 4.82. The Bertz CT molecular complexity index is 1520. The number of nitrogens with one attached hydrogen (secondary N) is 1. The topological polar surface area (TPSA) is 114 Å². The smallest absolute Gasteiger partial charge is 0.126 e. The molecule has 5 rings (SSSR count). The van der Waals surface area contributed by atoms with Gasteiger partial charge in [-0.05, 0) is 59.9 Å². The van der Waals surface area contributed by atoms with E-state index in [0.717, 1.165) is 70.5 Å². The SMILES string of the molecule is Cc1ccc(C(c2ccc(N(C)N)c(N)c2C)C(C)(C)C=O)cc1CN1CCOc2ccc3cn[nH]c3c2C1. The highest BCUT2D eigenvalue weighted by atomic mass is 16.5. The van der Waals surface area contributed by atoms with Crippen LogP contribution in [0.15, 0.2) is 48.7 Å². The molecule has 8 nitrogen and oxygen atoms in total. The van der Waals surface area contributed by atoms with Gasteiger partial charge in [-0.2, -0.15) is 5.10 Å². The molecule has 1 aliphatic rings. The second-order valence-corrected chi connectivity index (χ2v) is 11.3. The van der Waals surface area contributed by atoms with Gasteiger partial charge in [-0.3, -0.25) is 10.00 Å². The van der Waals surface area contributed by atoms with Crippen LogP contribution in [0.1, 0.15) is 53.1 Å². The molecule has 3 aromatic carbocycles. The number of nitrogen functional groups attached to an aromatic ring is 1. The number of ether oxygens (including phenoxy) is 1. The number of anilines is 2. The van der Waals surface area contributed by atoms with Gasteiger partial charge in [0, 0.05) is 49.0 Å². The third-order valence-electron chi connectivity index (χ3n) is 8.10. The summed E-state index contributed by atoms with van der Waals surface area (Å²) in [4.78, 5) is 14.8. The first-order valence-electron chi connectivity index (χ1n) is 13.3. The maximum Gasteiger partial charge on any atom is 0.126 e. The third-order valence-corrected chi connectivity index (χ3v) is 8.10. The molecule has 0 amide bonds. The molecule has 5 N–H and O–H groups in total. The number of aromatic amines is 1. The van der Waals surface area contributed by atoms with Crippen LogP contribution in [-0.4, -0.2) is 41.6 Å². The number of carbonyl (C=O) groups is 1. The standard InChI is InChI=1S/C31H38N6O2/c1-19-6-7-21(28(31(3,4)18-38)24-9-10-26(36(5)33)29(32)20(24)2)14-23(19)16-37-12-13-39-27-11-8-22-15-34-35-30(22)25(27)17-37/h6-11,14-15,18,28H,12-13,16-17,32-33H2,1-5H3,(H,34,35). The zero-order valence-corrected chi connectivity index (χ0v) is 23.4. The highest BCUT2D eigenvalue weighted by Gasteiger charge is 2.34. The summed E-state index contributed by atoms with van der Waals surface area (Å²) >= 11 is 0. The maximum atomic E-state index is 12.4. The van der Waals surface area contributed by atoms with Crippen molar-refractivity contribution in [3.05, 3.63) is 82.0 Å². The number of hydrazine groups is 1. The summed E-state index contributed by atoms with van der Waals surface area (Å²) < 4.78 is 6.10. The monoisotopic (exact) mass is 526 g/mol. The van der Waals surface area contributed by atoms with E-state index in [1.165, 1.54) is 16.1 Å². The molecule has 0 saturated heterocycles. The first-order valence-corrected chi connectivity index (χ1v) is 13.3. The van der Waals surface area contributed by atoms with Crippen LogP contribution >= 0.6 is 0 Å². The van der Waals surface area contributed by atoms with Crippen molar-refractivity contribution in [2.45, 2.75) is 46.7 Å². The van der Waals surface area contributed by atoms with Gasteiger partial charge in [0.25, 0.3) is 0 Å². The molecule has 0 saturated carbocycles. The first-order chi connectivity index (χ1) is 18.6. The van der Waals surface area contributed by atoms with Crippen molar-refractivity contribution in [1.29, 1.82) is 0 Å². The minimum atomic E-state index is -0.651. The van der Waals surface area contributed by atoms with E-state index >= 15 is 0 Å². The largest absolute Gasteiger partial charge is 0.492 e. The molecular weight excluding hydrogens is 488 g/mol. The molecule has 1 unspecified atom stereocenters. The minimum absolute atomic E-state index is 0.174. The maximum absolute atomic E-state index is 12.4. The number of aldehydes is 1. The molecule has 0 bridgehead atoms.